The molecule has 2 aliphatic rings. The molecule has 2 atom stereocenters. The van der Waals surface area contributed by atoms with Gasteiger partial charge in [0.2, 0.25) is 0 Å². The van der Waals surface area contributed by atoms with Crippen LogP contribution in [-0.4, -0.2) is 24.4 Å². The van der Waals surface area contributed by atoms with Gasteiger partial charge in [0.05, 0.1) is 5.41 Å². The molecule has 0 radical (unpaired) electrons. The molecule has 0 amide bonds. The lowest BCUT2D eigenvalue weighted by molar-refractivity contribution is -0.119. The first-order valence-corrected chi connectivity index (χ1v) is 9.96. The van der Waals surface area contributed by atoms with Crippen LogP contribution in [0.1, 0.15) is 29.5 Å². The third-order valence-electron chi connectivity index (χ3n) is 5.47. The molecule has 0 saturated carbocycles. The minimum atomic E-state index is -0.682. The Labute approximate surface area is 152 Å². The number of ether oxygens (including phenoxy) is 1. The van der Waals surface area contributed by atoms with Gasteiger partial charge in [0.25, 0.3) is 0 Å². The van der Waals surface area contributed by atoms with Crippen molar-refractivity contribution in [1.82, 2.24) is 0 Å². The van der Waals surface area contributed by atoms with Crippen LogP contribution in [0.25, 0.3) is 0 Å². The largest absolute Gasteiger partial charge is 0.470 e. The number of carbonyl (C=O) groups is 1. The molecular formula is C21H21NO2S. The summed E-state index contributed by atoms with van der Waals surface area (Å²) < 4.78 is 5.89. The van der Waals surface area contributed by atoms with Crippen molar-refractivity contribution < 1.29 is 9.53 Å². The van der Waals surface area contributed by atoms with Crippen molar-refractivity contribution in [3.05, 3.63) is 71.3 Å². The fourth-order valence-electron chi connectivity index (χ4n) is 4.38. The fourth-order valence-corrected chi connectivity index (χ4v) is 4.64. The van der Waals surface area contributed by atoms with Crippen molar-refractivity contribution >= 4 is 23.9 Å². The molecule has 4 heteroatoms. The Bertz CT molecular complexity index is 820. The highest BCUT2D eigenvalue weighted by Crippen LogP contribution is 2.59. The van der Waals surface area contributed by atoms with Gasteiger partial charge >= 0.3 is 0 Å². The van der Waals surface area contributed by atoms with Gasteiger partial charge in [-0.15, -0.1) is 11.8 Å². The van der Waals surface area contributed by atoms with Gasteiger partial charge in [0, 0.05) is 6.42 Å². The van der Waals surface area contributed by atoms with E-state index in [0.717, 1.165) is 36.2 Å². The Kier molecular flexibility index (Phi) is 4.16. The molecule has 0 unspecified atom stereocenters. The summed E-state index contributed by atoms with van der Waals surface area (Å²) in [6.45, 7) is 0. The molecule has 128 valence electrons. The van der Waals surface area contributed by atoms with Crippen molar-refractivity contribution in [3.8, 4) is 0 Å². The van der Waals surface area contributed by atoms with Crippen LogP contribution in [0, 0.1) is 5.41 Å². The predicted molar refractivity (Wildman–Crippen MR) is 102 cm³/mol. The molecule has 0 saturated heterocycles. The molecular weight excluding hydrogens is 330 g/mol. The number of thioether (sulfide) groups is 1. The average Bonchev–Trinajstić information content (AvgIpc) is 2.98. The fraction of sp³-hybridized carbons (Fsp3) is 0.333. The predicted octanol–water partition coefficient (Wildman–Crippen LogP) is 4.20. The number of hydrogen-bond donors (Lipinski definition) is 0. The van der Waals surface area contributed by atoms with E-state index in [9.17, 15) is 4.79 Å². The molecule has 1 aliphatic heterocycles. The number of nitrogens with zero attached hydrogens (tertiary/aromatic N) is 1. The van der Waals surface area contributed by atoms with E-state index >= 15 is 0 Å². The molecule has 0 fully saturated rings. The van der Waals surface area contributed by atoms with Gasteiger partial charge in [0.1, 0.15) is 17.8 Å². The summed E-state index contributed by atoms with van der Waals surface area (Å²) >= 11 is 1.63. The van der Waals surface area contributed by atoms with E-state index in [1.165, 1.54) is 5.56 Å². The van der Waals surface area contributed by atoms with Gasteiger partial charge in [-0.25, -0.2) is 4.99 Å². The Hall–Kier alpha value is -2.07. The molecule has 1 aliphatic carbocycles. The molecule has 0 spiro atoms. The van der Waals surface area contributed by atoms with Crippen LogP contribution < -0.4 is 0 Å². The first-order chi connectivity index (χ1) is 12.3. The van der Waals surface area contributed by atoms with Crippen molar-refractivity contribution in [2.45, 2.75) is 24.8 Å². The normalized spacial score (nSPS) is 27.2. The number of carbonyl (C=O) groups excluding carboxylic acids is 1. The molecule has 4 rings (SSSR count). The SMILES string of the molecule is CSCOC1=N[C@]2(c3ccccc3)c3ccccc3C[C@]2(C=O)CC1. The van der Waals surface area contributed by atoms with Gasteiger partial charge in [-0.2, -0.15) is 0 Å². The molecule has 0 N–H and O–H groups in total. The second-order valence-electron chi connectivity index (χ2n) is 6.74. The Morgan fingerprint density at radius 3 is 2.68 bits per heavy atom. The monoisotopic (exact) mass is 351 g/mol. The minimum Gasteiger partial charge on any atom is -0.470 e. The topological polar surface area (TPSA) is 38.7 Å². The molecule has 25 heavy (non-hydrogen) atoms. The van der Waals surface area contributed by atoms with Crippen LogP contribution in [0.2, 0.25) is 0 Å². The highest BCUT2D eigenvalue weighted by molar-refractivity contribution is 7.98. The number of rotatable bonds is 4. The van der Waals surface area contributed by atoms with Crippen molar-refractivity contribution in [2.75, 3.05) is 12.2 Å². The quantitative estimate of drug-likeness (QED) is 0.612. The number of hydrogen-bond acceptors (Lipinski definition) is 4. The second kappa shape index (κ2) is 6.34. The standard InChI is InChI=1S/C21H21NO2S/c1-25-15-24-19-11-12-20(14-23)13-16-7-5-6-10-18(16)21(20,22-19)17-8-3-2-4-9-17/h2-10,14H,11-13,15H2,1H3/t20-,21+/m0/s1. The summed E-state index contributed by atoms with van der Waals surface area (Å²) in [4.78, 5) is 17.5. The van der Waals surface area contributed by atoms with Crippen LogP contribution in [-0.2, 0) is 21.5 Å². The lowest BCUT2D eigenvalue weighted by atomic mass is 9.63. The smallest absolute Gasteiger partial charge is 0.185 e. The number of fused-ring (bicyclic) bond motifs is 3. The number of aldehydes is 1. The number of benzene rings is 2. The molecule has 2 aromatic carbocycles. The van der Waals surface area contributed by atoms with E-state index in [4.69, 9.17) is 9.73 Å². The molecule has 0 aromatic heterocycles. The number of aliphatic imine (C=N–C) groups is 1. The van der Waals surface area contributed by atoms with Gasteiger partial charge in [-0.05, 0) is 35.8 Å². The molecule has 0 bridgehead atoms. The van der Waals surface area contributed by atoms with E-state index in [2.05, 4.69) is 24.3 Å². The van der Waals surface area contributed by atoms with E-state index in [0.29, 0.717) is 12.4 Å². The Balaban J connectivity index is 1.98. The van der Waals surface area contributed by atoms with Crippen LogP contribution in [0.5, 0.6) is 0 Å². The Morgan fingerprint density at radius 2 is 1.92 bits per heavy atom. The van der Waals surface area contributed by atoms with Crippen LogP contribution in [0.4, 0.5) is 0 Å². The van der Waals surface area contributed by atoms with Crippen molar-refractivity contribution in [1.29, 1.82) is 0 Å². The van der Waals surface area contributed by atoms with Crippen LogP contribution in [0.3, 0.4) is 0 Å². The van der Waals surface area contributed by atoms with Crippen LogP contribution >= 0.6 is 11.8 Å². The minimum absolute atomic E-state index is 0.537. The van der Waals surface area contributed by atoms with Gasteiger partial charge in [-0.1, -0.05) is 54.6 Å². The Morgan fingerprint density at radius 1 is 1.16 bits per heavy atom. The summed E-state index contributed by atoms with van der Waals surface area (Å²) in [7, 11) is 0. The highest BCUT2D eigenvalue weighted by Gasteiger charge is 2.60. The lowest BCUT2D eigenvalue weighted by Gasteiger charge is -2.44. The molecule has 3 nitrogen and oxygen atoms in total. The molecule has 1 heterocycles. The summed E-state index contributed by atoms with van der Waals surface area (Å²) in [6.07, 6.45) is 5.36. The van der Waals surface area contributed by atoms with E-state index in [1.807, 2.05) is 36.6 Å². The van der Waals surface area contributed by atoms with Gasteiger partial charge in [0.15, 0.2) is 5.90 Å². The summed E-state index contributed by atoms with van der Waals surface area (Å²) in [5.74, 6) is 1.34. The zero-order valence-corrected chi connectivity index (χ0v) is 15.1. The van der Waals surface area contributed by atoms with Crippen LogP contribution in [0.15, 0.2) is 59.6 Å². The maximum Gasteiger partial charge on any atom is 0.185 e. The van der Waals surface area contributed by atoms with E-state index < -0.39 is 11.0 Å². The molecule has 2 aromatic rings. The summed E-state index contributed by atoms with van der Waals surface area (Å²) in [6, 6.07) is 18.5. The lowest BCUT2D eigenvalue weighted by Crippen LogP contribution is -2.47. The zero-order valence-electron chi connectivity index (χ0n) is 14.3. The third-order valence-corrected chi connectivity index (χ3v) is 5.83. The first-order valence-electron chi connectivity index (χ1n) is 8.56. The first kappa shape index (κ1) is 16.4. The maximum absolute atomic E-state index is 12.4. The zero-order chi connectivity index (χ0) is 17.3. The van der Waals surface area contributed by atoms with E-state index in [-0.39, 0.29) is 0 Å². The van der Waals surface area contributed by atoms with E-state index in [1.54, 1.807) is 11.8 Å². The van der Waals surface area contributed by atoms with Gasteiger partial charge in [-0.3, -0.25) is 0 Å². The highest BCUT2D eigenvalue weighted by atomic mass is 32.2. The second-order valence-corrected chi connectivity index (χ2v) is 7.55. The van der Waals surface area contributed by atoms with Crippen molar-refractivity contribution in [3.63, 3.8) is 0 Å². The average molecular weight is 351 g/mol. The summed E-state index contributed by atoms with van der Waals surface area (Å²) in [5.41, 5.74) is 2.20. The maximum atomic E-state index is 12.4. The van der Waals surface area contributed by atoms with Gasteiger partial charge < -0.3 is 9.53 Å². The summed E-state index contributed by atoms with van der Waals surface area (Å²) in [5, 5.41) is 0. The third kappa shape index (κ3) is 2.35. The van der Waals surface area contributed by atoms with Crippen molar-refractivity contribution in [2.24, 2.45) is 10.4 Å².